The SMILES string of the molecule is CC(=O)N1CCC2C(C(=O)O)CCCC21. The first-order chi connectivity index (χ1) is 7.11. The Morgan fingerprint density at radius 2 is 2.00 bits per heavy atom. The number of rotatable bonds is 1. The van der Waals surface area contributed by atoms with Crippen molar-refractivity contribution in [3.05, 3.63) is 0 Å². The largest absolute Gasteiger partial charge is 0.481 e. The van der Waals surface area contributed by atoms with Crippen LogP contribution < -0.4 is 0 Å². The van der Waals surface area contributed by atoms with E-state index in [9.17, 15) is 9.59 Å². The maximum Gasteiger partial charge on any atom is 0.306 e. The molecule has 0 aromatic rings. The molecule has 0 radical (unpaired) electrons. The summed E-state index contributed by atoms with van der Waals surface area (Å²) in [6.45, 7) is 2.32. The second-order valence-electron chi connectivity index (χ2n) is 4.61. The summed E-state index contributed by atoms with van der Waals surface area (Å²) in [5, 5.41) is 9.11. The van der Waals surface area contributed by atoms with Crippen LogP contribution in [-0.2, 0) is 9.59 Å². The number of carbonyl (C=O) groups excluding carboxylic acids is 1. The van der Waals surface area contributed by atoms with Crippen molar-refractivity contribution in [1.29, 1.82) is 0 Å². The number of hydrogen-bond donors (Lipinski definition) is 1. The molecule has 1 N–H and O–H groups in total. The lowest BCUT2D eigenvalue weighted by molar-refractivity contribution is -0.146. The summed E-state index contributed by atoms with van der Waals surface area (Å²) >= 11 is 0. The average Bonchev–Trinajstić information content (AvgIpc) is 2.59. The van der Waals surface area contributed by atoms with Crippen LogP contribution in [0.3, 0.4) is 0 Å². The van der Waals surface area contributed by atoms with Gasteiger partial charge in [0.25, 0.3) is 0 Å². The van der Waals surface area contributed by atoms with Gasteiger partial charge in [0.05, 0.1) is 5.92 Å². The fraction of sp³-hybridized carbons (Fsp3) is 0.818. The molecule has 3 unspecified atom stereocenters. The van der Waals surface area contributed by atoms with Crippen LogP contribution in [0, 0.1) is 11.8 Å². The highest BCUT2D eigenvalue weighted by Crippen LogP contribution is 2.40. The normalized spacial score (nSPS) is 35.0. The van der Waals surface area contributed by atoms with E-state index >= 15 is 0 Å². The van der Waals surface area contributed by atoms with E-state index in [-0.39, 0.29) is 23.8 Å². The zero-order valence-corrected chi connectivity index (χ0v) is 8.98. The number of aliphatic carboxylic acids is 1. The molecule has 0 aromatic heterocycles. The molecule has 4 nitrogen and oxygen atoms in total. The van der Waals surface area contributed by atoms with Crippen molar-refractivity contribution in [2.45, 2.75) is 38.6 Å². The Morgan fingerprint density at radius 1 is 1.27 bits per heavy atom. The minimum Gasteiger partial charge on any atom is -0.481 e. The molecule has 4 heteroatoms. The van der Waals surface area contributed by atoms with Gasteiger partial charge in [-0.15, -0.1) is 0 Å². The molecule has 15 heavy (non-hydrogen) atoms. The highest BCUT2D eigenvalue weighted by Gasteiger charge is 2.44. The number of fused-ring (bicyclic) bond motifs is 1. The molecule has 84 valence electrons. The van der Waals surface area contributed by atoms with Crippen LogP contribution in [0.2, 0.25) is 0 Å². The fourth-order valence-electron chi connectivity index (χ4n) is 3.18. The van der Waals surface area contributed by atoms with E-state index in [1.807, 2.05) is 4.90 Å². The highest BCUT2D eigenvalue weighted by atomic mass is 16.4. The van der Waals surface area contributed by atoms with E-state index in [0.29, 0.717) is 0 Å². The standard InChI is InChI=1S/C11H17NO3/c1-7(13)12-6-5-8-9(11(14)15)3-2-4-10(8)12/h8-10H,2-6H2,1H3,(H,14,15). The molecular weight excluding hydrogens is 194 g/mol. The van der Waals surface area contributed by atoms with Crippen LogP contribution in [0.15, 0.2) is 0 Å². The van der Waals surface area contributed by atoms with Crippen LogP contribution >= 0.6 is 0 Å². The molecule has 2 rings (SSSR count). The third kappa shape index (κ3) is 1.73. The number of carboxylic acids is 1. The summed E-state index contributed by atoms with van der Waals surface area (Å²) in [4.78, 5) is 24.3. The minimum absolute atomic E-state index is 0.0912. The van der Waals surface area contributed by atoms with E-state index in [1.165, 1.54) is 0 Å². The molecule has 0 aromatic carbocycles. The molecule has 1 aliphatic heterocycles. The fourth-order valence-corrected chi connectivity index (χ4v) is 3.18. The third-order valence-electron chi connectivity index (χ3n) is 3.85. The number of nitrogens with zero attached hydrogens (tertiary/aromatic N) is 1. The van der Waals surface area contributed by atoms with Gasteiger partial charge in [-0.25, -0.2) is 0 Å². The number of hydrogen-bond acceptors (Lipinski definition) is 2. The molecular formula is C11H17NO3. The molecule has 3 atom stereocenters. The van der Waals surface area contributed by atoms with Crippen molar-refractivity contribution in [1.82, 2.24) is 4.90 Å². The van der Waals surface area contributed by atoms with Gasteiger partial charge in [-0.1, -0.05) is 6.42 Å². The molecule has 1 aliphatic carbocycles. The van der Waals surface area contributed by atoms with Crippen LogP contribution in [-0.4, -0.2) is 34.5 Å². The maximum absolute atomic E-state index is 11.4. The van der Waals surface area contributed by atoms with Gasteiger partial charge in [0, 0.05) is 19.5 Å². The third-order valence-corrected chi connectivity index (χ3v) is 3.85. The van der Waals surface area contributed by atoms with Crippen LogP contribution in [0.25, 0.3) is 0 Å². The number of carbonyl (C=O) groups is 2. The van der Waals surface area contributed by atoms with Gasteiger partial charge in [-0.2, -0.15) is 0 Å². The summed E-state index contributed by atoms with van der Waals surface area (Å²) in [6.07, 6.45) is 3.55. The second-order valence-corrected chi connectivity index (χ2v) is 4.61. The highest BCUT2D eigenvalue weighted by molar-refractivity contribution is 5.75. The smallest absolute Gasteiger partial charge is 0.306 e. The van der Waals surface area contributed by atoms with Gasteiger partial charge in [0.15, 0.2) is 0 Å². The van der Waals surface area contributed by atoms with Crippen molar-refractivity contribution in [3.8, 4) is 0 Å². The van der Waals surface area contributed by atoms with Crippen molar-refractivity contribution in [3.63, 3.8) is 0 Å². The number of likely N-dealkylation sites (tertiary alicyclic amines) is 1. The predicted octanol–water partition coefficient (Wildman–Crippen LogP) is 1.11. The molecule has 0 bridgehead atoms. The summed E-state index contributed by atoms with van der Waals surface area (Å²) in [5.41, 5.74) is 0. The van der Waals surface area contributed by atoms with E-state index < -0.39 is 5.97 Å². The number of amides is 1. The average molecular weight is 211 g/mol. The molecule has 1 saturated heterocycles. The van der Waals surface area contributed by atoms with Gasteiger partial charge in [0.2, 0.25) is 5.91 Å². The summed E-state index contributed by atoms with van der Waals surface area (Å²) in [5.74, 6) is -0.628. The second kappa shape index (κ2) is 3.83. The predicted molar refractivity (Wildman–Crippen MR) is 54.3 cm³/mol. The molecule has 1 heterocycles. The van der Waals surface area contributed by atoms with E-state index in [4.69, 9.17) is 5.11 Å². The lowest BCUT2D eigenvalue weighted by Gasteiger charge is -2.34. The van der Waals surface area contributed by atoms with Gasteiger partial charge >= 0.3 is 5.97 Å². The first-order valence-electron chi connectivity index (χ1n) is 5.61. The Morgan fingerprint density at radius 3 is 2.60 bits per heavy atom. The van der Waals surface area contributed by atoms with Gasteiger partial charge in [-0.3, -0.25) is 9.59 Å². The molecule has 2 fully saturated rings. The van der Waals surface area contributed by atoms with Crippen molar-refractivity contribution in [2.24, 2.45) is 11.8 Å². The van der Waals surface area contributed by atoms with Crippen LogP contribution in [0.1, 0.15) is 32.6 Å². The Balaban J connectivity index is 2.14. The quantitative estimate of drug-likeness (QED) is 0.706. The first kappa shape index (κ1) is 10.5. The van der Waals surface area contributed by atoms with Gasteiger partial charge in [-0.05, 0) is 25.2 Å². The van der Waals surface area contributed by atoms with E-state index in [1.54, 1.807) is 6.92 Å². The van der Waals surface area contributed by atoms with E-state index in [0.717, 1.165) is 32.2 Å². The van der Waals surface area contributed by atoms with E-state index in [2.05, 4.69) is 0 Å². The molecule has 1 saturated carbocycles. The molecule has 0 spiro atoms. The Bertz CT molecular complexity index is 290. The van der Waals surface area contributed by atoms with Crippen molar-refractivity contribution >= 4 is 11.9 Å². The number of carboxylic acid groups (broad SMARTS) is 1. The van der Waals surface area contributed by atoms with Crippen LogP contribution in [0.5, 0.6) is 0 Å². The van der Waals surface area contributed by atoms with Crippen molar-refractivity contribution in [2.75, 3.05) is 6.54 Å². The minimum atomic E-state index is -0.685. The zero-order chi connectivity index (χ0) is 11.0. The van der Waals surface area contributed by atoms with Gasteiger partial charge in [0.1, 0.15) is 0 Å². The monoisotopic (exact) mass is 211 g/mol. The first-order valence-corrected chi connectivity index (χ1v) is 5.61. The maximum atomic E-state index is 11.4. The van der Waals surface area contributed by atoms with Crippen molar-refractivity contribution < 1.29 is 14.7 Å². The van der Waals surface area contributed by atoms with Gasteiger partial charge < -0.3 is 10.0 Å². The Hall–Kier alpha value is -1.06. The Labute approximate surface area is 89.3 Å². The Kier molecular flexibility index (Phi) is 2.67. The molecule has 1 amide bonds. The zero-order valence-electron chi connectivity index (χ0n) is 8.98. The van der Waals surface area contributed by atoms with Crippen LogP contribution in [0.4, 0.5) is 0 Å². The lowest BCUT2D eigenvalue weighted by atomic mass is 9.76. The molecule has 2 aliphatic rings. The topological polar surface area (TPSA) is 57.6 Å². The summed E-state index contributed by atoms with van der Waals surface area (Å²) in [6, 6.07) is 0.192. The lowest BCUT2D eigenvalue weighted by Crippen LogP contribution is -2.42. The summed E-state index contributed by atoms with van der Waals surface area (Å²) < 4.78 is 0. The summed E-state index contributed by atoms with van der Waals surface area (Å²) in [7, 11) is 0.